The molecule has 0 aliphatic heterocycles. The maximum absolute atomic E-state index is 13.1. The zero-order valence-electron chi connectivity index (χ0n) is 17.3. The van der Waals surface area contributed by atoms with E-state index >= 15 is 0 Å². The first-order chi connectivity index (χ1) is 14.1. The fourth-order valence-corrected chi connectivity index (χ4v) is 7.86. The zero-order valence-corrected chi connectivity index (χ0v) is 20.7. The van der Waals surface area contributed by atoms with E-state index in [9.17, 15) is 8.42 Å². The van der Waals surface area contributed by atoms with Gasteiger partial charge in [-0.15, -0.1) is 5.10 Å². The Hall–Kier alpha value is -2.11. The number of hydrogen-bond acceptors (Lipinski definition) is 7. The van der Waals surface area contributed by atoms with E-state index in [1.807, 2.05) is 24.3 Å². The van der Waals surface area contributed by atoms with Crippen LogP contribution in [0.4, 0.5) is 0 Å². The number of hydrogen-bond donors (Lipinski definition) is 0. The summed E-state index contributed by atoms with van der Waals surface area (Å²) >= 11 is 3.47. The Balaban J connectivity index is 2.00. The van der Waals surface area contributed by atoms with E-state index < -0.39 is 17.9 Å². The van der Waals surface area contributed by atoms with E-state index in [1.54, 1.807) is 17.9 Å². The van der Waals surface area contributed by atoms with Gasteiger partial charge in [-0.3, -0.25) is 0 Å². The lowest BCUT2D eigenvalue weighted by atomic mass is 10.2. The lowest BCUT2D eigenvalue weighted by Gasteiger charge is -2.16. The second kappa shape index (κ2) is 8.94. The molecule has 0 saturated carbocycles. The monoisotopic (exact) mass is 509 g/mol. The Morgan fingerprint density at radius 1 is 1.13 bits per heavy atom. The van der Waals surface area contributed by atoms with Crippen molar-refractivity contribution < 1.29 is 13.2 Å². The largest absolute Gasteiger partial charge is 0.497 e. The van der Waals surface area contributed by atoms with Gasteiger partial charge in [0.25, 0.3) is 0 Å². The molecule has 11 heteroatoms. The van der Waals surface area contributed by atoms with Crippen molar-refractivity contribution in [1.82, 2.24) is 25.2 Å². The molecule has 3 aromatic rings. The Labute approximate surface area is 185 Å². The molecule has 0 aliphatic rings. The Morgan fingerprint density at radius 2 is 1.83 bits per heavy atom. The average Bonchev–Trinajstić information content (AvgIpc) is 3.14. The quantitative estimate of drug-likeness (QED) is 0.427. The molecule has 0 N–H and O–H groups in total. The molecule has 8 nitrogen and oxygen atoms in total. The molecule has 2 aromatic heterocycles. The van der Waals surface area contributed by atoms with Crippen LogP contribution in [0.15, 0.2) is 46.0 Å². The van der Waals surface area contributed by atoms with E-state index in [-0.39, 0.29) is 10.8 Å². The van der Waals surface area contributed by atoms with Gasteiger partial charge in [-0.05, 0) is 56.2 Å². The molecule has 0 spiro atoms. The van der Waals surface area contributed by atoms with Gasteiger partial charge >= 0.3 is 0 Å². The molecule has 0 atom stereocenters. The van der Waals surface area contributed by atoms with Crippen molar-refractivity contribution in [2.75, 3.05) is 12.9 Å². The summed E-state index contributed by atoms with van der Waals surface area (Å²) in [5.74, 6) is 1.15. The Morgan fingerprint density at radius 3 is 2.47 bits per heavy atom. The minimum Gasteiger partial charge on any atom is -0.497 e. The van der Waals surface area contributed by atoms with E-state index in [0.717, 1.165) is 11.3 Å². The highest BCUT2D eigenvalue weighted by Crippen LogP contribution is 2.33. The predicted molar refractivity (Wildman–Crippen MR) is 121 cm³/mol. The number of ether oxygens (including phenoxy) is 1. The fourth-order valence-electron chi connectivity index (χ4n) is 2.79. The molecule has 160 valence electrons. The number of sulfone groups is 1. The van der Waals surface area contributed by atoms with Crippen molar-refractivity contribution in [1.29, 1.82) is 0 Å². The summed E-state index contributed by atoms with van der Waals surface area (Å²) in [6, 6.07) is 9.87. The molecule has 3 rings (SSSR count). The van der Waals surface area contributed by atoms with Gasteiger partial charge in [0.1, 0.15) is 5.75 Å². The summed E-state index contributed by atoms with van der Waals surface area (Å²) in [6.45, 7) is 6.82. The molecule has 0 saturated heterocycles. The highest BCUT2D eigenvalue weighted by atomic mass is 79.9. The second-order valence-corrected chi connectivity index (χ2v) is 16.6. The van der Waals surface area contributed by atoms with Crippen molar-refractivity contribution in [3.63, 3.8) is 0 Å². The highest BCUT2D eigenvalue weighted by molar-refractivity contribution is 9.10. The number of pyridine rings is 1. The van der Waals surface area contributed by atoms with Gasteiger partial charge in [0, 0.05) is 18.7 Å². The lowest BCUT2D eigenvalue weighted by molar-refractivity contribution is 0.414. The highest BCUT2D eigenvalue weighted by Gasteiger charge is 2.28. The number of aromatic nitrogens is 5. The van der Waals surface area contributed by atoms with E-state index in [1.165, 1.54) is 6.20 Å². The van der Waals surface area contributed by atoms with Crippen LogP contribution in [0.2, 0.25) is 25.7 Å². The minimum atomic E-state index is -3.60. The van der Waals surface area contributed by atoms with Crippen LogP contribution in [0, 0.1) is 0 Å². The number of rotatable bonds is 8. The predicted octanol–water partition coefficient (Wildman–Crippen LogP) is 3.67. The second-order valence-electron chi connectivity index (χ2n) is 8.11. The number of benzene rings is 1. The molecule has 30 heavy (non-hydrogen) atoms. The number of methoxy groups -OCH3 is 1. The average molecular weight is 510 g/mol. The van der Waals surface area contributed by atoms with Crippen molar-refractivity contribution in [2.24, 2.45) is 0 Å². The molecular weight excluding hydrogens is 486 g/mol. The van der Waals surface area contributed by atoms with Crippen LogP contribution in [0.1, 0.15) is 5.56 Å². The molecule has 2 heterocycles. The van der Waals surface area contributed by atoms with Crippen molar-refractivity contribution in [3.8, 4) is 17.1 Å². The standard InChI is InChI=1S/C19H24BrN5O3SSi/c1-28-15-7-5-14(6-8-15)13-25-18(22-23-24-25)17-16(20)9-10-21-19(17)29(26,27)11-12-30(2,3)4/h5-10H,11-13H2,1-4H3. The summed E-state index contributed by atoms with van der Waals surface area (Å²) in [7, 11) is -3.53. The summed E-state index contributed by atoms with van der Waals surface area (Å²) in [5, 5.41) is 12.0. The van der Waals surface area contributed by atoms with Gasteiger partial charge in [0.05, 0.1) is 25.0 Å². The van der Waals surface area contributed by atoms with Crippen LogP contribution in [0.25, 0.3) is 11.4 Å². The van der Waals surface area contributed by atoms with Gasteiger partial charge < -0.3 is 4.74 Å². The Kier molecular flexibility index (Phi) is 6.73. The van der Waals surface area contributed by atoms with Crippen LogP contribution in [0.5, 0.6) is 5.75 Å². The van der Waals surface area contributed by atoms with Gasteiger partial charge in [0.15, 0.2) is 20.7 Å². The summed E-state index contributed by atoms with van der Waals surface area (Å²) in [4.78, 5) is 4.21. The van der Waals surface area contributed by atoms with Crippen LogP contribution >= 0.6 is 15.9 Å². The summed E-state index contributed by atoms with van der Waals surface area (Å²) in [5.41, 5.74) is 1.33. The van der Waals surface area contributed by atoms with Crippen LogP contribution < -0.4 is 4.74 Å². The topological polar surface area (TPSA) is 99.9 Å². The molecule has 1 aromatic carbocycles. The lowest BCUT2D eigenvalue weighted by Crippen LogP contribution is -2.24. The first-order valence-electron chi connectivity index (χ1n) is 9.37. The third-order valence-corrected chi connectivity index (χ3v) is 8.94. The molecule has 0 unspecified atom stereocenters. The Bertz CT molecular complexity index is 1130. The summed E-state index contributed by atoms with van der Waals surface area (Å²) in [6.07, 6.45) is 1.48. The maximum Gasteiger partial charge on any atom is 0.196 e. The molecule has 0 aliphatic carbocycles. The third kappa shape index (κ3) is 5.32. The first-order valence-corrected chi connectivity index (χ1v) is 15.5. The first kappa shape index (κ1) is 22.6. The van der Waals surface area contributed by atoms with Gasteiger partial charge in [-0.2, -0.15) is 0 Å². The number of nitrogens with zero attached hydrogens (tertiary/aromatic N) is 5. The summed E-state index contributed by atoms with van der Waals surface area (Å²) < 4.78 is 33.6. The normalized spacial score (nSPS) is 12.2. The number of tetrazole rings is 1. The smallest absolute Gasteiger partial charge is 0.196 e. The zero-order chi connectivity index (χ0) is 21.9. The van der Waals surface area contributed by atoms with E-state index in [2.05, 4.69) is 56.1 Å². The van der Waals surface area contributed by atoms with Crippen molar-refractivity contribution in [3.05, 3.63) is 46.6 Å². The van der Waals surface area contributed by atoms with Crippen LogP contribution in [-0.2, 0) is 16.4 Å². The SMILES string of the molecule is COc1ccc(Cn2nnnc2-c2c(Br)ccnc2S(=O)(=O)CC[Si](C)(C)C)cc1. The van der Waals surface area contributed by atoms with E-state index in [4.69, 9.17) is 4.74 Å². The third-order valence-electron chi connectivity index (χ3n) is 4.53. The molecule has 0 bridgehead atoms. The van der Waals surface area contributed by atoms with Gasteiger partial charge in [-0.1, -0.05) is 31.8 Å². The molecule has 0 amide bonds. The number of halogens is 1. The fraction of sp³-hybridized carbons (Fsp3) is 0.368. The van der Waals surface area contributed by atoms with Crippen LogP contribution in [-0.4, -0.2) is 54.5 Å². The maximum atomic E-state index is 13.1. The molecule has 0 fully saturated rings. The minimum absolute atomic E-state index is 0.000839. The van der Waals surface area contributed by atoms with Crippen molar-refractivity contribution in [2.45, 2.75) is 37.3 Å². The van der Waals surface area contributed by atoms with Crippen LogP contribution in [0.3, 0.4) is 0 Å². The van der Waals surface area contributed by atoms with Gasteiger partial charge in [-0.25, -0.2) is 18.1 Å². The van der Waals surface area contributed by atoms with Gasteiger partial charge in [0.2, 0.25) is 0 Å². The molecule has 0 radical (unpaired) electrons. The van der Waals surface area contributed by atoms with Crippen molar-refractivity contribution >= 4 is 33.8 Å². The molecular formula is C19H24BrN5O3SSi. The van der Waals surface area contributed by atoms with E-state index in [0.29, 0.717) is 28.4 Å².